The number of phenolic OH excluding ortho intramolecular Hbond substituents is 1. The van der Waals surface area contributed by atoms with Crippen molar-refractivity contribution in [2.75, 3.05) is 0 Å². The largest absolute Gasteiger partial charge is 0.505 e. The molecule has 0 unspecified atom stereocenters. The number of aromatic hydroxyl groups is 1. The molecule has 15 heavy (non-hydrogen) atoms. The monoisotopic (exact) mass is 208 g/mol. The average molecular weight is 208 g/mol. The number of phenols is 1. The van der Waals surface area contributed by atoms with Crippen LogP contribution in [-0.4, -0.2) is 14.2 Å². The zero-order valence-corrected chi connectivity index (χ0v) is 8.01. The molecule has 0 saturated carbocycles. The van der Waals surface area contributed by atoms with Gasteiger partial charge in [-0.05, 0) is 12.1 Å². The number of rotatable bonds is 1. The van der Waals surface area contributed by atoms with Crippen molar-refractivity contribution in [2.45, 2.75) is 0 Å². The highest BCUT2D eigenvalue weighted by molar-refractivity contribution is 5.39. The fraction of sp³-hybridized carbons (Fsp3) is 0.100. The van der Waals surface area contributed by atoms with Crippen LogP contribution in [0.1, 0.15) is 0 Å². The summed E-state index contributed by atoms with van der Waals surface area (Å²) in [7, 11) is 1.61. The third kappa shape index (κ3) is 1.52. The summed E-state index contributed by atoms with van der Waals surface area (Å²) in [6.07, 6.45) is 3.14. The third-order valence-corrected chi connectivity index (χ3v) is 2.16. The van der Waals surface area contributed by atoms with E-state index in [1.54, 1.807) is 19.4 Å². The van der Waals surface area contributed by atoms with Gasteiger partial charge >= 0.3 is 5.69 Å². The SMILES string of the molecule is Cn1ccn(-c2ccc(F)c(O)c2)c1=O. The van der Waals surface area contributed by atoms with E-state index in [9.17, 15) is 9.18 Å². The summed E-state index contributed by atoms with van der Waals surface area (Å²) in [4.78, 5) is 11.5. The molecule has 2 aromatic rings. The molecule has 0 fully saturated rings. The van der Waals surface area contributed by atoms with E-state index in [1.165, 1.54) is 21.3 Å². The fourth-order valence-electron chi connectivity index (χ4n) is 1.31. The summed E-state index contributed by atoms with van der Waals surface area (Å²) in [6, 6.07) is 3.75. The molecule has 4 nitrogen and oxygen atoms in total. The van der Waals surface area contributed by atoms with E-state index in [4.69, 9.17) is 5.11 Å². The van der Waals surface area contributed by atoms with Crippen LogP contribution in [0.4, 0.5) is 4.39 Å². The first-order chi connectivity index (χ1) is 7.09. The highest BCUT2D eigenvalue weighted by Crippen LogP contribution is 2.18. The van der Waals surface area contributed by atoms with E-state index in [0.717, 1.165) is 6.07 Å². The smallest absolute Gasteiger partial charge is 0.332 e. The molecule has 0 spiro atoms. The Morgan fingerprint density at radius 3 is 2.60 bits per heavy atom. The Bertz CT molecular complexity index is 557. The van der Waals surface area contributed by atoms with E-state index in [0.29, 0.717) is 5.69 Å². The standard InChI is InChI=1S/C10H9FN2O2/c1-12-4-5-13(10(12)15)7-2-3-8(11)9(14)6-7/h2-6,14H,1H3. The number of hydrogen-bond donors (Lipinski definition) is 1. The Balaban J connectivity index is 2.60. The molecule has 1 N–H and O–H groups in total. The van der Waals surface area contributed by atoms with Crippen LogP contribution < -0.4 is 5.69 Å². The first-order valence-electron chi connectivity index (χ1n) is 4.32. The second kappa shape index (κ2) is 3.27. The Labute approximate surface area is 84.8 Å². The van der Waals surface area contributed by atoms with Gasteiger partial charge in [-0.25, -0.2) is 9.18 Å². The maximum absolute atomic E-state index is 12.8. The molecule has 2 rings (SSSR count). The molecular formula is C10H9FN2O2. The lowest BCUT2D eigenvalue weighted by molar-refractivity contribution is 0.432. The van der Waals surface area contributed by atoms with Gasteiger partial charge in [-0.2, -0.15) is 0 Å². The lowest BCUT2D eigenvalue weighted by atomic mass is 10.3. The van der Waals surface area contributed by atoms with Gasteiger partial charge in [-0.3, -0.25) is 4.57 Å². The van der Waals surface area contributed by atoms with Crippen LogP contribution in [0.5, 0.6) is 5.75 Å². The highest BCUT2D eigenvalue weighted by atomic mass is 19.1. The van der Waals surface area contributed by atoms with E-state index in [2.05, 4.69) is 0 Å². The zero-order chi connectivity index (χ0) is 11.0. The van der Waals surface area contributed by atoms with Gasteiger partial charge in [-0.1, -0.05) is 0 Å². The van der Waals surface area contributed by atoms with Crippen molar-refractivity contribution in [1.82, 2.24) is 9.13 Å². The second-order valence-electron chi connectivity index (χ2n) is 3.20. The Morgan fingerprint density at radius 2 is 2.07 bits per heavy atom. The molecule has 78 valence electrons. The summed E-state index contributed by atoms with van der Waals surface area (Å²) < 4.78 is 15.5. The first-order valence-corrected chi connectivity index (χ1v) is 4.32. The van der Waals surface area contributed by atoms with Crippen molar-refractivity contribution in [3.63, 3.8) is 0 Å². The minimum Gasteiger partial charge on any atom is -0.505 e. The van der Waals surface area contributed by atoms with Crippen molar-refractivity contribution in [2.24, 2.45) is 7.05 Å². The van der Waals surface area contributed by atoms with Crippen LogP contribution >= 0.6 is 0 Å². The van der Waals surface area contributed by atoms with Gasteiger partial charge < -0.3 is 9.67 Å². The molecule has 1 aromatic heterocycles. The van der Waals surface area contributed by atoms with Crippen molar-refractivity contribution < 1.29 is 9.50 Å². The number of aromatic nitrogens is 2. The quantitative estimate of drug-likeness (QED) is 0.760. The molecule has 0 amide bonds. The van der Waals surface area contributed by atoms with Crippen LogP contribution in [-0.2, 0) is 7.05 Å². The number of nitrogens with zero attached hydrogens (tertiary/aromatic N) is 2. The van der Waals surface area contributed by atoms with Crippen LogP contribution in [0, 0.1) is 5.82 Å². The van der Waals surface area contributed by atoms with Gasteiger partial charge in [-0.15, -0.1) is 0 Å². The average Bonchev–Trinajstić information content (AvgIpc) is 2.53. The van der Waals surface area contributed by atoms with E-state index < -0.39 is 11.6 Å². The van der Waals surface area contributed by atoms with Crippen LogP contribution in [0.2, 0.25) is 0 Å². The Morgan fingerprint density at radius 1 is 1.33 bits per heavy atom. The molecule has 0 atom stereocenters. The van der Waals surface area contributed by atoms with Crippen LogP contribution in [0.15, 0.2) is 35.4 Å². The normalized spacial score (nSPS) is 10.5. The van der Waals surface area contributed by atoms with Crippen molar-refractivity contribution >= 4 is 0 Å². The maximum Gasteiger partial charge on any atom is 0.332 e. The molecule has 1 aromatic carbocycles. The zero-order valence-electron chi connectivity index (χ0n) is 8.01. The molecule has 0 saturated heterocycles. The second-order valence-corrected chi connectivity index (χ2v) is 3.20. The summed E-state index contributed by atoms with van der Waals surface area (Å²) in [6.45, 7) is 0. The summed E-state index contributed by atoms with van der Waals surface area (Å²) in [5.41, 5.74) is 0.181. The number of aryl methyl sites for hydroxylation is 1. The Hall–Kier alpha value is -2.04. The molecule has 0 aliphatic carbocycles. The minimum atomic E-state index is -0.706. The van der Waals surface area contributed by atoms with Crippen LogP contribution in [0.25, 0.3) is 5.69 Å². The van der Waals surface area contributed by atoms with Gasteiger partial charge in [0.25, 0.3) is 0 Å². The Kier molecular flexibility index (Phi) is 2.07. The van der Waals surface area contributed by atoms with Gasteiger partial charge in [0.2, 0.25) is 0 Å². The van der Waals surface area contributed by atoms with E-state index >= 15 is 0 Å². The van der Waals surface area contributed by atoms with Crippen molar-refractivity contribution in [3.8, 4) is 11.4 Å². The van der Waals surface area contributed by atoms with Crippen molar-refractivity contribution in [1.29, 1.82) is 0 Å². The van der Waals surface area contributed by atoms with Crippen LogP contribution in [0.3, 0.4) is 0 Å². The molecule has 5 heteroatoms. The van der Waals surface area contributed by atoms with Gasteiger partial charge in [0, 0.05) is 25.5 Å². The minimum absolute atomic E-state index is 0.249. The summed E-state index contributed by atoms with van der Waals surface area (Å²) in [5, 5.41) is 9.16. The van der Waals surface area contributed by atoms with Gasteiger partial charge in [0.15, 0.2) is 11.6 Å². The summed E-state index contributed by atoms with van der Waals surface area (Å²) >= 11 is 0. The predicted molar refractivity (Wildman–Crippen MR) is 52.6 cm³/mol. The highest BCUT2D eigenvalue weighted by Gasteiger charge is 2.06. The molecular weight excluding hydrogens is 199 g/mol. The number of halogens is 1. The first kappa shape index (κ1) is 9.51. The van der Waals surface area contributed by atoms with Gasteiger partial charge in [0.1, 0.15) is 0 Å². The fourth-order valence-corrected chi connectivity index (χ4v) is 1.31. The topological polar surface area (TPSA) is 47.2 Å². The predicted octanol–water partition coefficient (Wildman–Crippen LogP) is 1.02. The molecule has 1 heterocycles. The molecule has 0 aliphatic heterocycles. The van der Waals surface area contributed by atoms with Crippen molar-refractivity contribution in [3.05, 3.63) is 46.9 Å². The number of imidazole rings is 1. The lowest BCUT2D eigenvalue weighted by Gasteiger charge is -2.02. The maximum atomic E-state index is 12.8. The van der Waals surface area contributed by atoms with E-state index in [-0.39, 0.29) is 5.69 Å². The third-order valence-electron chi connectivity index (χ3n) is 2.16. The number of hydrogen-bond acceptors (Lipinski definition) is 2. The molecule has 0 radical (unpaired) electrons. The molecule has 0 aliphatic rings. The number of benzene rings is 1. The van der Waals surface area contributed by atoms with Gasteiger partial charge in [0.05, 0.1) is 5.69 Å². The summed E-state index contributed by atoms with van der Waals surface area (Å²) in [5.74, 6) is -1.18. The van der Waals surface area contributed by atoms with E-state index in [1.807, 2.05) is 0 Å². The molecule has 0 bridgehead atoms. The lowest BCUT2D eigenvalue weighted by Crippen LogP contribution is -2.20.